The highest BCUT2D eigenvalue weighted by Gasteiger charge is 2.17. The quantitative estimate of drug-likeness (QED) is 0.641. The Morgan fingerprint density at radius 3 is 2.68 bits per heavy atom. The van der Waals surface area contributed by atoms with E-state index in [0.29, 0.717) is 5.82 Å². The molecule has 0 unspecified atom stereocenters. The Morgan fingerprint density at radius 1 is 1.16 bits per heavy atom. The molecule has 3 aromatic rings. The molecule has 0 bridgehead atoms. The van der Waals surface area contributed by atoms with Crippen molar-refractivity contribution in [3.63, 3.8) is 0 Å². The van der Waals surface area contributed by atoms with Gasteiger partial charge in [0.05, 0.1) is 22.5 Å². The average Bonchev–Trinajstić information content (AvgIpc) is 2.71. The molecule has 0 spiro atoms. The van der Waals surface area contributed by atoms with Crippen LogP contribution in [0.4, 0.5) is 4.39 Å². The molecular weight excluding hydrogens is 267 g/mol. The van der Waals surface area contributed by atoms with Crippen molar-refractivity contribution < 1.29 is 4.39 Å². The molecule has 0 saturated carbocycles. The fourth-order valence-electron chi connectivity index (χ4n) is 2.03. The number of rotatable bonds is 1. The van der Waals surface area contributed by atoms with Gasteiger partial charge in [-0.15, -0.1) is 0 Å². The van der Waals surface area contributed by atoms with Crippen LogP contribution in [0.25, 0.3) is 16.9 Å². The Balaban J connectivity index is 2.33. The molecule has 96 valence electrons. The molecule has 0 fully saturated rings. The molecule has 0 aliphatic carbocycles. The normalized spacial score (nSPS) is 11.2. The lowest BCUT2D eigenvalue weighted by Gasteiger charge is -2.03. The zero-order valence-electron chi connectivity index (χ0n) is 10.4. The molecule has 3 aromatic heterocycles. The smallest absolute Gasteiger partial charge is 0.181 e. The summed E-state index contributed by atoms with van der Waals surface area (Å²) in [6.07, 6.45) is 1.84. The topological polar surface area (TPSA) is 43.1 Å². The van der Waals surface area contributed by atoms with Crippen molar-refractivity contribution in [3.05, 3.63) is 46.8 Å². The van der Waals surface area contributed by atoms with Crippen molar-refractivity contribution in [3.8, 4) is 11.4 Å². The SMILES string of the molecule is Cc1nc(-c2c(C)nn3ccccc23)nc(Cl)c1F. The Hall–Kier alpha value is -2.01. The molecule has 3 heterocycles. The second-order valence-electron chi connectivity index (χ2n) is 4.23. The van der Waals surface area contributed by atoms with E-state index >= 15 is 0 Å². The molecule has 0 aliphatic rings. The third-order valence-electron chi connectivity index (χ3n) is 2.92. The summed E-state index contributed by atoms with van der Waals surface area (Å²) in [4.78, 5) is 8.18. The van der Waals surface area contributed by atoms with Crippen LogP contribution in [0.2, 0.25) is 5.15 Å². The van der Waals surface area contributed by atoms with Gasteiger partial charge in [-0.1, -0.05) is 17.7 Å². The summed E-state index contributed by atoms with van der Waals surface area (Å²) in [6.45, 7) is 3.42. The zero-order chi connectivity index (χ0) is 13.6. The predicted molar refractivity (Wildman–Crippen MR) is 70.7 cm³/mol. The van der Waals surface area contributed by atoms with E-state index in [9.17, 15) is 4.39 Å². The molecule has 0 radical (unpaired) electrons. The molecule has 6 heteroatoms. The van der Waals surface area contributed by atoms with E-state index in [2.05, 4.69) is 15.1 Å². The summed E-state index contributed by atoms with van der Waals surface area (Å²) < 4.78 is 15.2. The van der Waals surface area contributed by atoms with Gasteiger partial charge in [-0.05, 0) is 26.0 Å². The molecule has 0 N–H and O–H groups in total. The van der Waals surface area contributed by atoms with Crippen LogP contribution in [0, 0.1) is 19.7 Å². The third kappa shape index (κ3) is 1.86. The molecule has 0 aliphatic heterocycles. The number of fused-ring (bicyclic) bond motifs is 1. The number of hydrogen-bond donors (Lipinski definition) is 0. The van der Waals surface area contributed by atoms with E-state index in [-0.39, 0.29) is 10.8 Å². The number of nitrogens with zero attached hydrogens (tertiary/aromatic N) is 4. The largest absolute Gasteiger partial charge is 0.240 e. The van der Waals surface area contributed by atoms with Crippen LogP contribution in [0.15, 0.2) is 24.4 Å². The highest BCUT2D eigenvalue weighted by Crippen LogP contribution is 2.27. The van der Waals surface area contributed by atoms with E-state index in [1.54, 1.807) is 11.4 Å². The number of hydrogen-bond acceptors (Lipinski definition) is 3. The molecule has 3 rings (SSSR count). The summed E-state index contributed by atoms with van der Waals surface area (Å²) in [5.74, 6) is -0.192. The molecule has 4 nitrogen and oxygen atoms in total. The predicted octanol–water partition coefficient (Wildman–Crippen LogP) is 3.20. The highest BCUT2D eigenvalue weighted by atomic mass is 35.5. The van der Waals surface area contributed by atoms with Crippen LogP contribution in [-0.4, -0.2) is 19.6 Å². The molecule has 0 amide bonds. The number of pyridine rings is 1. The van der Waals surface area contributed by atoms with Gasteiger partial charge in [0, 0.05) is 6.20 Å². The first kappa shape index (κ1) is 12.0. The van der Waals surface area contributed by atoms with Crippen LogP contribution in [0.3, 0.4) is 0 Å². The minimum absolute atomic E-state index is 0.169. The fraction of sp³-hybridized carbons (Fsp3) is 0.154. The van der Waals surface area contributed by atoms with Crippen LogP contribution < -0.4 is 0 Å². The number of aromatic nitrogens is 4. The van der Waals surface area contributed by atoms with Crippen LogP contribution >= 0.6 is 11.6 Å². The van der Waals surface area contributed by atoms with Gasteiger partial charge < -0.3 is 0 Å². The lowest BCUT2D eigenvalue weighted by Crippen LogP contribution is -1.98. The number of halogens is 2. The summed E-state index contributed by atoms with van der Waals surface area (Å²) in [6, 6.07) is 5.69. The Labute approximate surface area is 113 Å². The van der Waals surface area contributed by atoms with Crippen molar-refractivity contribution in [2.75, 3.05) is 0 Å². The first-order valence-electron chi connectivity index (χ1n) is 5.72. The molecule has 19 heavy (non-hydrogen) atoms. The van der Waals surface area contributed by atoms with Gasteiger partial charge in [-0.3, -0.25) is 0 Å². The Bertz CT molecular complexity index is 758. The van der Waals surface area contributed by atoms with E-state index in [1.807, 2.05) is 31.3 Å². The first-order valence-corrected chi connectivity index (χ1v) is 6.09. The third-order valence-corrected chi connectivity index (χ3v) is 3.17. The van der Waals surface area contributed by atoms with E-state index in [0.717, 1.165) is 16.8 Å². The van der Waals surface area contributed by atoms with Gasteiger partial charge in [-0.2, -0.15) is 5.10 Å². The fourth-order valence-corrected chi connectivity index (χ4v) is 2.25. The van der Waals surface area contributed by atoms with Crippen LogP contribution in [0.5, 0.6) is 0 Å². The maximum Gasteiger partial charge on any atom is 0.181 e. The van der Waals surface area contributed by atoms with Crippen molar-refractivity contribution >= 4 is 17.1 Å². The average molecular weight is 277 g/mol. The van der Waals surface area contributed by atoms with E-state index in [1.165, 1.54) is 0 Å². The minimum Gasteiger partial charge on any atom is -0.240 e. The minimum atomic E-state index is -0.584. The van der Waals surface area contributed by atoms with Crippen molar-refractivity contribution in [1.82, 2.24) is 19.6 Å². The van der Waals surface area contributed by atoms with Crippen molar-refractivity contribution in [2.45, 2.75) is 13.8 Å². The first-order chi connectivity index (χ1) is 9.08. The van der Waals surface area contributed by atoms with Crippen molar-refractivity contribution in [2.24, 2.45) is 0 Å². The molecule has 0 atom stereocenters. The lowest BCUT2D eigenvalue weighted by atomic mass is 10.2. The monoisotopic (exact) mass is 276 g/mol. The van der Waals surface area contributed by atoms with Crippen molar-refractivity contribution in [1.29, 1.82) is 0 Å². The second kappa shape index (κ2) is 4.28. The Morgan fingerprint density at radius 2 is 1.95 bits per heavy atom. The Kier molecular flexibility index (Phi) is 2.71. The standard InChI is InChI=1S/C13H10ClFN4/c1-7-10(9-5-3-4-6-19(9)18-7)13-16-8(2)11(15)12(14)17-13/h3-6H,1-2H3. The summed E-state index contributed by atoms with van der Waals surface area (Å²) >= 11 is 5.79. The van der Waals surface area contributed by atoms with Gasteiger partial charge in [0.15, 0.2) is 16.8 Å². The van der Waals surface area contributed by atoms with Gasteiger partial charge >= 0.3 is 0 Å². The van der Waals surface area contributed by atoms with Crippen LogP contribution in [-0.2, 0) is 0 Å². The second-order valence-corrected chi connectivity index (χ2v) is 4.59. The molecule has 0 aromatic carbocycles. The van der Waals surface area contributed by atoms with Gasteiger partial charge in [0.25, 0.3) is 0 Å². The molecule has 0 saturated heterocycles. The molecular formula is C13H10ClFN4. The zero-order valence-corrected chi connectivity index (χ0v) is 11.1. The van der Waals surface area contributed by atoms with Gasteiger partial charge in [-0.25, -0.2) is 18.9 Å². The summed E-state index contributed by atoms with van der Waals surface area (Å²) in [5, 5.41) is 4.20. The van der Waals surface area contributed by atoms with Gasteiger partial charge in [0.1, 0.15) is 0 Å². The maximum atomic E-state index is 13.5. The van der Waals surface area contributed by atoms with Crippen LogP contribution in [0.1, 0.15) is 11.4 Å². The summed E-state index contributed by atoms with van der Waals surface area (Å²) in [7, 11) is 0. The van der Waals surface area contributed by atoms with E-state index < -0.39 is 5.82 Å². The highest BCUT2D eigenvalue weighted by molar-refractivity contribution is 6.29. The van der Waals surface area contributed by atoms with Gasteiger partial charge in [0.2, 0.25) is 0 Å². The lowest BCUT2D eigenvalue weighted by molar-refractivity contribution is 0.603. The number of aryl methyl sites for hydroxylation is 2. The van der Waals surface area contributed by atoms with E-state index in [4.69, 9.17) is 11.6 Å². The summed E-state index contributed by atoms with van der Waals surface area (Å²) in [5.41, 5.74) is 2.63. The maximum absolute atomic E-state index is 13.5.